The van der Waals surface area contributed by atoms with Gasteiger partial charge in [-0.3, -0.25) is 9.36 Å². The molecule has 2 aromatic rings. The summed E-state index contributed by atoms with van der Waals surface area (Å²) in [6, 6.07) is 3.52. The summed E-state index contributed by atoms with van der Waals surface area (Å²) in [4.78, 5) is 24.7. The van der Waals surface area contributed by atoms with Crippen molar-refractivity contribution in [2.75, 3.05) is 20.1 Å². The number of aromatic nitrogens is 3. The lowest BCUT2D eigenvalue weighted by atomic mass is 9.91. The van der Waals surface area contributed by atoms with Gasteiger partial charge in [0.05, 0.1) is 12.1 Å². The van der Waals surface area contributed by atoms with E-state index in [1.807, 2.05) is 20.0 Å². The Hall–Kier alpha value is -2.29. The van der Waals surface area contributed by atoms with Crippen LogP contribution in [0.1, 0.15) is 26.2 Å². The average molecular weight is 491 g/mol. The molecule has 0 saturated carbocycles. The zero-order chi connectivity index (χ0) is 23.0. The van der Waals surface area contributed by atoms with E-state index in [9.17, 15) is 14.7 Å². The molecule has 1 aliphatic rings. The van der Waals surface area contributed by atoms with Gasteiger partial charge in [0.1, 0.15) is 22.7 Å². The fourth-order valence-electron chi connectivity index (χ4n) is 3.47. The largest absolute Gasteiger partial charge is 0.388 e. The van der Waals surface area contributed by atoms with Crippen LogP contribution in [0.15, 0.2) is 64.8 Å². The zero-order valence-electron chi connectivity index (χ0n) is 18.2. The first-order valence-corrected chi connectivity index (χ1v) is 11.1. The highest BCUT2D eigenvalue weighted by atomic mass is 79.9. The summed E-state index contributed by atoms with van der Waals surface area (Å²) in [5, 5.41) is 14.8. The van der Waals surface area contributed by atoms with Gasteiger partial charge in [0, 0.05) is 19.5 Å². The molecular formula is C23H31BrN4O3. The second-order valence-electron chi connectivity index (χ2n) is 7.95. The van der Waals surface area contributed by atoms with Gasteiger partial charge >= 0.3 is 0 Å². The number of likely N-dealkylation sites (tertiary alicyclic amines) is 1. The summed E-state index contributed by atoms with van der Waals surface area (Å²) in [5.74, 6) is 0.253. The molecule has 0 aromatic carbocycles. The molecule has 0 spiro atoms. The molecule has 3 rings (SSSR count). The second kappa shape index (κ2) is 11.4. The van der Waals surface area contributed by atoms with E-state index in [-0.39, 0.29) is 11.5 Å². The number of halogens is 1. The van der Waals surface area contributed by atoms with Crippen LogP contribution in [0.3, 0.4) is 0 Å². The quantitative estimate of drug-likeness (QED) is 0.475. The minimum absolute atomic E-state index is 0.127. The maximum atomic E-state index is 12.4. The Morgan fingerprint density at radius 1 is 1.35 bits per heavy atom. The molecule has 0 bridgehead atoms. The third-order valence-corrected chi connectivity index (χ3v) is 6.14. The molecule has 168 valence electrons. The van der Waals surface area contributed by atoms with Gasteiger partial charge in [0.15, 0.2) is 0 Å². The molecule has 1 atom stereocenters. The first-order valence-electron chi connectivity index (χ1n) is 10.3. The molecule has 8 heteroatoms. The van der Waals surface area contributed by atoms with E-state index in [2.05, 4.69) is 39.1 Å². The SMILES string of the molecule is C=C/C=C(\C=C)C(C)CC=O.CN1CCC(O)(Cn2cnn3c(Br)ccc3c2=O)CC1. The Bertz CT molecular complexity index is 1000. The number of hydrogen-bond acceptors (Lipinski definition) is 5. The lowest BCUT2D eigenvalue weighted by Crippen LogP contribution is -2.47. The topological polar surface area (TPSA) is 79.8 Å². The number of carbonyl (C=O) groups is 1. The van der Waals surface area contributed by atoms with Crippen molar-refractivity contribution in [3.8, 4) is 0 Å². The van der Waals surface area contributed by atoms with E-state index in [0.29, 0.717) is 31.3 Å². The normalized spacial score (nSPS) is 17.5. The number of hydrogen-bond donors (Lipinski definition) is 1. The number of nitrogens with zero attached hydrogens (tertiary/aromatic N) is 4. The predicted octanol–water partition coefficient (Wildman–Crippen LogP) is 3.23. The predicted molar refractivity (Wildman–Crippen MR) is 127 cm³/mol. The molecule has 1 aliphatic heterocycles. The van der Waals surface area contributed by atoms with Crippen molar-refractivity contribution in [3.63, 3.8) is 0 Å². The van der Waals surface area contributed by atoms with Crippen LogP contribution < -0.4 is 5.56 Å². The van der Waals surface area contributed by atoms with E-state index in [4.69, 9.17) is 0 Å². The van der Waals surface area contributed by atoms with Crippen LogP contribution in [0, 0.1) is 5.92 Å². The summed E-state index contributed by atoms with van der Waals surface area (Å²) in [6.45, 7) is 11.2. The Morgan fingerprint density at radius 3 is 2.61 bits per heavy atom. The van der Waals surface area contributed by atoms with E-state index in [1.165, 1.54) is 10.9 Å². The first-order chi connectivity index (χ1) is 14.7. The van der Waals surface area contributed by atoms with Gasteiger partial charge in [-0.25, -0.2) is 4.52 Å². The smallest absolute Gasteiger partial charge is 0.277 e. The van der Waals surface area contributed by atoms with Gasteiger partial charge in [-0.15, -0.1) is 0 Å². The monoisotopic (exact) mass is 490 g/mol. The van der Waals surface area contributed by atoms with Gasteiger partial charge in [-0.2, -0.15) is 5.10 Å². The van der Waals surface area contributed by atoms with E-state index in [0.717, 1.165) is 29.6 Å². The maximum absolute atomic E-state index is 12.4. The van der Waals surface area contributed by atoms with Crippen LogP contribution in [0.4, 0.5) is 0 Å². The fraction of sp³-hybridized carbons (Fsp3) is 0.435. The molecule has 2 aromatic heterocycles. The van der Waals surface area contributed by atoms with Crippen molar-refractivity contribution in [2.24, 2.45) is 5.92 Å². The summed E-state index contributed by atoms with van der Waals surface area (Å²) in [5.41, 5.74) is 0.626. The highest BCUT2D eigenvalue weighted by molar-refractivity contribution is 9.10. The fourth-order valence-corrected chi connectivity index (χ4v) is 3.88. The number of aldehydes is 1. The molecule has 0 radical (unpaired) electrons. The van der Waals surface area contributed by atoms with Gasteiger partial charge in [-0.05, 0) is 59.4 Å². The van der Waals surface area contributed by atoms with E-state index < -0.39 is 5.60 Å². The summed E-state index contributed by atoms with van der Waals surface area (Å²) in [7, 11) is 2.04. The highest BCUT2D eigenvalue weighted by Crippen LogP contribution is 2.23. The molecule has 31 heavy (non-hydrogen) atoms. The molecule has 1 fully saturated rings. The van der Waals surface area contributed by atoms with Gasteiger partial charge in [0.2, 0.25) is 0 Å². The lowest BCUT2D eigenvalue weighted by Gasteiger charge is -2.36. The van der Waals surface area contributed by atoms with Crippen molar-refractivity contribution in [2.45, 2.75) is 38.3 Å². The van der Waals surface area contributed by atoms with E-state index in [1.54, 1.807) is 28.8 Å². The standard InChI is InChI=1S/C13H17BrN4O2.C10H14O/c1-16-6-4-13(20,5-7-16)8-17-9-15-18-10(12(17)19)2-3-11(18)14;1-4-6-10(5-2)9(3)7-8-11/h2-3,9,20H,4-8H2,1H3;4-6,8-9H,1-2,7H2,3H3/b;10-6+. The molecule has 1 unspecified atom stereocenters. The van der Waals surface area contributed by atoms with Crippen molar-refractivity contribution in [1.82, 2.24) is 19.1 Å². The third-order valence-electron chi connectivity index (χ3n) is 5.54. The van der Waals surface area contributed by atoms with Crippen LogP contribution >= 0.6 is 15.9 Å². The number of fused-ring (bicyclic) bond motifs is 1. The first kappa shape index (κ1) is 25.0. The Labute approximate surface area is 191 Å². The van der Waals surface area contributed by atoms with Gasteiger partial charge in [-0.1, -0.05) is 38.3 Å². The Kier molecular flexibility index (Phi) is 9.15. The number of allylic oxidation sites excluding steroid dienone is 4. The van der Waals surface area contributed by atoms with Gasteiger partial charge < -0.3 is 14.8 Å². The van der Waals surface area contributed by atoms with Crippen LogP contribution in [-0.4, -0.2) is 56.2 Å². The summed E-state index contributed by atoms with van der Waals surface area (Å²) < 4.78 is 3.81. The zero-order valence-corrected chi connectivity index (χ0v) is 19.8. The molecule has 0 amide bonds. The second-order valence-corrected chi connectivity index (χ2v) is 8.77. The minimum atomic E-state index is -0.819. The lowest BCUT2D eigenvalue weighted by molar-refractivity contribution is -0.108. The van der Waals surface area contributed by atoms with Crippen LogP contribution in [-0.2, 0) is 11.3 Å². The van der Waals surface area contributed by atoms with Crippen LogP contribution in [0.25, 0.3) is 5.52 Å². The van der Waals surface area contributed by atoms with Crippen molar-refractivity contribution >= 4 is 27.7 Å². The maximum Gasteiger partial charge on any atom is 0.277 e. The average Bonchev–Trinajstić information content (AvgIpc) is 3.13. The summed E-state index contributed by atoms with van der Waals surface area (Å²) >= 11 is 3.34. The molecule has 1 saturated heterocycles. The van der Waals surface area contributed by atoms with Crippen LogP contribution in [0.5, 0.6) is 0 Å². The highest BCUT2D eigenvalue weighted by Gasteiger charge is 2.32. The molecule has 0 aliphatic carbocycles. The number of carbonyl (C=O) groups excluding carboxylic acids is 1. The van der Waals surface area contributed by atoms with Crippen LogP contribution in [0.2, 0.25) is 0 Å². The number of piperidine rings is 1. The minimum Gasteiger partial charge on any atom is -0.388 e. The molecule has 3 heterocycles. The Balaban J connectivity index is 0.000000267. The molecule has 1 N–H and O–H groups in total. The summed E-state index contributed by atoms with van der Waals surface area (Å²) in [6.07, 6.45) is 9.65. The third kappa shape index (κ3) is 6.59. The molecule has 7 nitrogen and oxygen atoms in total. The Morgan fingerprint density at radius 2 is 2.03 bits per heavy atom. The van der Waals surface area contributed by atoms with Crippen molar-refractivity contribution in [3.05, 3.63) is 70.4 Å². The van der Waals surface area contributed by atoms with Gasteiger partial charge in [0.25, 0.3) is 5.56 Å². The molecular weight excluding hydrogens is 460 g/mol. The van der Waals surface area contributed by atoms with Crippen molar-refractivity contribution < 1.29 is 9.90 Å². The van der Waals surface area contributed by atoms with E-state index >= 15 is 0 Å². The number of aliphatic hydroxyl groups is 1. The number of rotatable bonds is 7. The van der Waals surface area contributed by atoms with Crippen molar-refractivity contribution in [1.29, 1.82) is 0 Å².